The van der Waals surface area contributed by atoms with Gasteiger partial charge in [-0.25, -0.2) is 0 Å². The summed E-state index contributed by atoms with van der Waals surface area (Å²) in [5.41, 5.74) is 3.92. The van der Waals surface area contributed by atoms with Crippen molar-refractivity contribution in [3.8, 4) is 11.1 Å². The third kappa shape index (κ3) is 4.03. The average Bonchev–Trinajstić information content (AvgIpc) is 3.20. The third-order valence-electron chi connectivity index (χ3n) is 5.31. The van der Waals surface area contributed by atoms with Crippen molar-refractivity contribution in [3.63, 3.8) is 0 Å². The summed E-state index contributed by atoms with van der Waals surface area (Å²) in [5, 5.41) is 8.15. The van der Waals surface area contributed by atoms with Crippen LogP contribution in [0.3, 0.4) is 0 Å². The Morgan fingerprint density at radius 2 is 2.00 bits per heavy atom. The molecule has 5 heteroatoms. The monoisotopic (exact) mass is 363 g/mol. The van der Waals surface area contributed by atoms with Gasteiger partial charge in [-0.3, -0.25) is 9.89 Å². The van der Waals surface area contributed by atoms with Crippen LogP contribution in [0.25, 0.3) is 22.0 Å². The predicted octanol–water partition coefficient (Wildman–Crippen LogP) is 4.26. The summed E-state index contributed by atoms with van der Waals surface area (Å²) >= 11 is 0. The van der Waals surface area contributed by atoms with Gasteiger partial charge in [0.15, 0.2) is 0 Å². The van der Waals surface area contributed by atoms with E-state index in [1.165, 1.54) is 6.42 Å². The van der Waals surface area contributed by atoms with E-state index in [1.54, 1.807) is 4.90 Å². The van der Waals surface area contributed by atoms with Crippen LogP contribution in [-0.4, -0.2) is 47.3 Å². The number of H-pyrrole nitrogens is 1. The lowest BCUT2D eigenvalue weighted by atomic mass is 10.0. The molecule has 1 aliphatic heterocycles. The molecule has 5 nitrogen and oxygen atoms in total. The topological polar surface area (TPSA) is 58.2 Å². The fourth-order valence-electron chi connectivity index (χ4n) is 3.62. The number of nitrogens with one attached hydrogen (secondary N) is 1. The van der Waals surface area contributed by atoms with E-state index in [0.717, 1.165) is 54.4 Å². The fourth-order valence-corrected chi connectivity index (χ4v) is 3.62. The van der Waals surface area contributed by atoms with Crippen molar-refractivity contribution in [2.45, 2.75) is 31.8 Å². The standard InChI is InChI=1S/C22H25N3O2/c1-25(12-11-20-4-2-3-13-27-20)22(26)17-7-5-16(6-8-17)18-9-10-19-15-23-24-21(19)14-18/h5-10,14-15,20H,2-4,11-13H2,1H3,(H,23,24). The van der Waals surface area contributed by atoms with E-state index >= 15 is 0 Å². The Morgan fingerprint density at radius 1 is 1.19 bits per heavy atom. The molecule has 0 spiro atoms. The SMILES string of the molecule is CN(CCC1CCCCO1)C(=O)c1ccc(-c2ccc3cn[nH]c3c2)cc1. The molecule has 1 aromatic heterocycles. The van der Waals surface area contributed by atoms with Crippen LogP contribution in [0, 0.1) is 0 Å². The van der Waals surface area contributed by atoms with Crippen molar-refractivity contribution < 1.29 is 9.53 Å². The molecule has 27 heavy (non-hydrogen) atoms. The Balaban J connectivity index is 1.40. The van der Waals surface area contributed by atoms with Crippen LogP contribution < -0.4 is 0 Å². The zero-order valence-electron chi connectivity index (χ0n) is 15.6. The van der Waals surface area contributed by atoms with Crippen molar-refractivity contribution in [2.75, 3.05) is 20.2 Å². The molecule has 0 bridgehead atoms. The van der Waals surface area contributed by atoms with Crippen LogP contribution >= 0.6 is 0 Å². The van der Waals surface area contributed by atoms with Crippen LogP contribution in [0.1, 0.15) is 36.0 Å². The molecule has 1 amide bonds. The quantitative estimate of drug-likeness (QED) is 0.737. The molecule has 1 saturated heterocycles. The Labute approximate surface area is 159 Å². The van der Waals surface area contributed by atoms with E-state index in [2.05, 4.69) is 22.3 Å². The van der Waals surface area contributed by atoms with Crippen molar-refractivity contribution in [3.05, 3.63) is 54.2 Å². The first-order chi connectivity index (χ1) is 13.2. The van der Waals surface area contributed by atoms with Crippen molar-refractivity contribution in [1.82, 2.24) is 15.1 Å². The third-order valence-corrected chi connectivity index (χ3v) is 5.31. The number of nitrogens with zero attached hydrogens (tertiary/aromatic N) is 2. The van der Waals surface area contributed by atoms with Gasteiger partial charge in [0.05, 0.1) is 17.8 Å². The Morgan fingerprint density at radius 3 is 2.78 bits per heavy atom. The molecular weight excluding hydrogens is 338 g/mol. The minimum atomic E-state index is 0.0568. The summed E-state index contributed by atoms with van der Waals surface area (Å²) in [6.45, 7) is 1.58. The van der Waals surface area contributed by atoms with Gasteiger partial charge in [-0.2, -0.15) is 5.10 Å². The lowest BCUT2D eigenvalue weighted by Crippen LogP contribution is -2.31. The number of fused-ring (bicyclic) bond motifs is 1. The first-order valence-electron chi connectivity index (χ1n) is 9.61. The van der Waals surface area contributed by atoms with Gasteiger partial charge in [-0.05, 0) is 55.0 Å². The van der Waals surface area contributed by atoms with Crippen LogP contribution in [0.15, 0.2) is 48.7 Å². The number of hydrogen-bond donors (Lipinski definition) is 1. The highest BCUT2D eigenvalue weighted by Crippen LogP contribution is 2.24. The van der Waals surface area contributed by atoms with Crippen LogP contribution in [0.5, 0.6) is 0 Å². The molecule has 0 aliphatic carbocycles. The van der Waals surface area contributed by atoms with E-state index < -0.39 is 0 Å². The summed E-state index contributed by atoms with van der Waals surface area (Å²) in [5.74, 6) is 0.0568. The van der Waals surface area contributed by atoms with Gasteiger partial charge in [-0.15, -0.1) is 0 Å². The molecule has 140 valence electrons. The van der Waals surface area contributed by atoms with Crippen molar-refractivity contribution in [1.29, 1.82) is 0 Å². The second-order valence-corrected chi connectivity index (χ2v) is 7.25. The van der Waals surface area contributed by atoms with E-state index in [9.17, 15) is 4.79 Å². The maximum atomic E-state index is 12.7. The molecular formula is C22H25N3O2. The number of aromatic nitrogens is 2. The summed E-state index contributed by atoms with van der Waals surface area (Å²) in [6, 6.07) is 14.0. The highest BCUT2D eigenvalue weighted by Gasteiger charge is 2.17. The van der Waals surface area contributed by atoms with E-state index in [0.29, 0.717) is 11.7 Å². The smallest absolute Gasteiger partial charge is 0.253 e. The zero-order chi connectivity index (χ0) is 18.6. The first-order valence-corrected chi connectivity index (χ1v) is 9.61. The number of aromatic amines is 1. The van der Waals surface area contributed by atoms with Crippen LogP contribution in [0.4, 0.5) is 0 Å². The van der Waals surface area contributed by atoms with Crippen molar-refractivity contribution >= 4 is 16.8 Å². The van der Waals surface area contributed by atoms with Crippen molar-refractivity contribution in [2.24, 2.45) is 0 Å². The summed E-state index contributed by atoms with van der Waals surface area (Å²) in [7, 11) is 1.87. The summed E-state index contributed by atoms with van der Waals surface area (Å²) in [4.78, 5) is 14.5. The zero-order valence-corrected chi connectivity index (χ0v) is 15.6. The number of carbonyl (C=O) groups excluding carboxylic acids is 1. The van der Waals surface area contributed by atoms with Gasteiger partial charge in [0.25, 0.3) is 5.91 Å². The lowest BCUT2D eigenvalue weighted by Gasteiger charge is -2.25. The van der Waals surface area contributed by atoms with E-state index in [-0.39, 0.29) is 5.91 Å². The summed E-state index contributed by atoms with van der Waals surface area (Å²) in [6.07, 6.45) is 6.52. The number of hydrogen-bond acceptors (Lipinski definition) is 3. The lowest BCUT2D eigenvalue weighted by molar-refractivity contribution is 0.00709. The highest BCUT2D eigenvalue weighted by molar-refractivity contribution is 5.94. The Kier molecular flexibility index (Phi) is 5.21. The number of ether oxygens (including phenoxy) is 1. The van der Waals surface area contributed by atoms with Crippen LogP contribution in [0.2, 0.25) is 0 Å². The largest absolute Gasteiger partial charge is 0.378 e. The van der Waals surface area contributed by atoms with E-state index in [1.807, 2.05) is 43.6 Å². The van der Waals surface area contributed by atoms with Gasteiger partial charge in [-0.1, -0.05) is 24.3 Å². The molecule has 1 fully saturated rings. The van der Waals surface area contributed by atoms with E-state index in [4.69, 9.17) is 4.74 Å². The maximum Gasteiger partial charge on any atom is 0.253 e. The molecule has 2 heterocycles. The second kappa shape index (κ2) is 7.92. The molecule has 3 aromatic rings. The fraction of sp³-hybridized carbons (Fsp3) is 0.364. The molecule has 2 aromatic carbocycles. The number of carbonyl (C=O) groups is 1. The molecule has 0 radical (unpaired) electrons. The minimum absolute atomic E-state index is 0.0568. The summed E-state index contributed by atoms with van der Waals surface area (Å²) < 4.78 is 5.76. The van der Waals surface area contributed by atoms with Gasteiger partial charge < -0.3 is 9.64 Å². The van der Waals surface area contributed by atoms with Gasteiger partial charge in [0.2, 0.25) is 0 Å². The normalized spacial score (nSPS) is 17.1. The Hall–Kier alpha value is -2.66. The highest BCUT2D eigenvalue weighted by atomic mass is 16.5. The Bertz CT molecular complexity index is 911. The molecule has 1 atom stereocenters. The number of amides is 1. The van der Waals surface area contributed by atoms with Gasteiger partial charge in [0.1, 0.15) is 0 Å². The molecule has 1 unspecified atom stereocenters. The van der Waals surface area contributed by atoms with Gasteiger partial charge in [0, 0.05) is 31.1 Å². The molecule has 4 rings (SSSR count). The minimum Gasteiger partial charge on any atom is -0.378 e. The molecule has 1 aliphatic rings. The first kappa shape index (κ1) is 17.7. The average molecular weight is 363 g/mol. The number of benzene rings is 2. The molecule has 0 saturated carbocycles. The maximum absolute atomic E-state index is 12.7. The second-order valence-electron chi connectivity index (χ2n) is 7.25. The number of rotatable bonds is 5. The predicted molar refractivity (Wildman–Crippen MR) is 107 cm³/mol. The van der Waals surface area contributed by atoms with Gasteiger partial charge >= 0.3 is 0 Å². The molecule has 1 N–H and O–H groups in total. The van der Waals surface area contributed by atoms with Crippen LogP contribution in [-0.2, 0) is 4.74 Å².